The van der Waals surface area contributed by atoms with Gasteiger partial charge in [0, 0.05) is 12.2 Å². The molecule has 1 N–H and O–H groups in total. The highest BCUT2D eigenvalue weighted by molar-refractivity contribution is 6.00. The van der Waals surface area contributed by atoms with E-state index in [4.69, 9.17) is 4.74 Å². The van der Waals surface area contributed by atoms with Gasteiger partial charge in [0.15, 0.2) is 5.78 Å². The minimum atomic E-state index is -1.16. The highest BCUT2D eigenvalue weighted by atomic mass is 16.5. The molecule has 0 spiro atoms. The van der Waals surface area contributed by atoms with Crippen LogP contribution in [-0.4, -0.2) is 29.7 Å². The van der Waals surface area contributed by atoms with Crippen LogP contribution in [0.15, 0.2) is 54.1 Å². The lowest BCUT2D eigenvalue weighted by molar-refractivity contribution is 0.0513. The molecule has 0 heterocycles. The fourth-order valence-electron chi connectivity index (χ4n) is 2.55. The second-order valence-corrected chi connectivity index (χ2v) is 5.46. The summed E-state index contributed by atoms with van der Waals surface area (Å²) in [7, 11) is 0. The molecule has 0 aromatic heterocycles. The van der Waals surface area contributed by atoms with Crippen molar-refractivity contribution in [3.8, 4) is 0 Å². The van der Waals surface area contributed by atoms with E-state index >= 15 is 0 Å². The van der Waals surface area contributed by atoms with Crippen LogP contribution in [0.2, 0.25) is 0 Å². The van der Waals surface area contributed by atoms with Crippen molar-refractivity contribution in [2.24, 2.45) is 5.92 Å². The van der Waals surface area contributed by atoms with Crippen molar-refractivity contribution >= 4 is 5.78 Å². The summed E-state index contributed by atoms with van der Waals surface area (Å²) >= 11 is 0. The maximum absolute atomic E-state index is 12.5. The Kier molecular flexibility index (Phi) is 5.10. The Labute approximate surface area is 125 Å². The predicted octanol–water partition coefficient (Wildman–Crippen LogP) is 3.16. The molecule has 0 amide bonds. The van der Waals surface area contributed by atoms with Gasteiger partial charge in [0.05, 0.1) is 18.1 Å². The number of allylic oxidation sites excluding steroid dienone is 1. The van der Waals surface area contributed by atoms with Crippen molar-refractivity contribution < 1.29 is 14.6 Å². The minimum absolute atomic E-state index is 0.0584. The molecule has 0 radical (unpaired) electrons. The molecule has 0 aliphatic heterocycles. The summed E-state index contributed by atoms with van der Waals surface area (Å²) in [5.74, 6) is -0.604. The molecule has 0 fully saturated rings. The molecule has 2 atom stereocenters. The zero-order valence-corrected chi connectivity index (χ0v) is 12.6. The van der Waals surface area contributed by atoms with Gasteiger partial charge in [0.1, 0.15) is 0 Å². The monoisotopic (exact) mass is 286 g/mol. The second-order valence-electron chi connectivity index (χ2n) is 5.46. The van der Waals surface area contributed by atoms with Crippen LogP contribution in [0.1, 0.15) is 30.6 Å². The van der Waals surface area contributed by atoms with E-state index in [0.717, 1.165) is 12.0 Å². The molecule has 0 saturated carbocycles. The maximum Gasteiger partial charge on any atom is 0.172 e. The summed E-state index contributed by atoms with van der Waals surface area (Å²) in [5.41, 5.74) is 0.465. The minimum Gasteiger partial charge on any atom is -0.385 e. The number of carbonyl (C=O) groups excluding carboxylic acids is 1. The highest BCUT2D eigenvalue weighted by Gasteiger charge is 2.36. The van der Waals surface area contributed by atoms with Crippen molar-refractivity contribution in [2.45, 2.75) is 25.9 Å². The Morgan fingerprint density at radius 3 is 2.67 bits per heavy atom. The number of rotatable bonds is 6. The van der Waals surface area contributed by atoms with Gasteiger partial charge >= 0.3 is 0 Å². The zero-order valence-electron chi connectivity index (χ0n) is 12.6. The van der Waals surface area contributed by atoms with E-state index in [9.17, 15) is 9.90 Å². The quantitative estimate of drug-likeness (QED) is 0.645. The first-order valence-corrected chi connectivity index (χ1v) is 7.34. The second kappa shape index (κ2) is 6.83. The number of ketones is 1. The van der Waals surface area contributed by atoms with E-state index in [1.165, 1.54) is 0 Å². The summed E-state index contributed by atoms with van der Waals surface area (Å²) in [6, 6.07) is 9.09. The van der Waals surface area contributed by atoms with E-state index in [1.807, 2.05) is 31.2 Å². The van der Waals surface area contributed by atoms with Gasteiger partial charge in [-0.3, -0.25) is 4.79 Å². The lowest BCUT2D eigenvalue weighted by Gasteiger charge is -2.31. The summed E-state index contributed by atoms with van der Waals surface area (Å²) in [5, 5.41) is 10.6. The van der Waals surface area contributed by atoms with Crippen LogP contribution >= 0.6 is 0 Å². The number of hydrogen-bond acceptors (Lipinski definition) is 3. The molecule has 0 bridgehead atoms. The highest BCUT2D eigenvalue weighted by Crippen LogP contribution is 2.30. The molecule has 1 aromatic carbocycles. The van der Waals surface area contributed by atoms with E-state index in [2.05, 4.69) is 0 Å². The molecular formula is C18H22O3. The van der Waals surface area contributed by atoms with Crippen molar-refractivity contribution in [1.29, 1.82) is 0 Å². The molecule has 1 aliphatic rings. The molecule has 2 rings (SSSR count). The van der Waals surface area contributed by atoms with Gasteiger partial charge in [0.25, 0.3) is 0 Å². The summed E-state index contributed by atoms with van der Waals surface area (Å²) in [6.45, 7) is 4.95. The Balaban J connectivity index is 2.11. The van der Waals surface area contributed by atoms with Gasteiger partial charge in [-0.05, 0) is 31.9 Å². The fourth-order valence-corrected chi connectivity index (χ4v) is 2.55. The van der Waals surface area contributed by atoms with Crippen LogP contribution in [0.3, 0.4) is 0 Å². The summed E-state index contributed by atoms with van der Waals surface area (Å²) < 4.78 is 5.32. The third kappa shape index (κ3) is 3.90. The van der Waals surface area contributed by atoms with Gasteiger partial charge in [-0.15, -0.1) is 0 Å². The van der Waals surface area contributed by atoms with Crippen LogP contribution in [0.5, 0.6) is 0 Å². The number of ether oxygens (including phenoxy) is 1. The van der Waals surface area contributed by atoms with Crippen LogP contribution in [-0.2, 0) is 4.74 Å². The fraction of sp³-hybridized carbons (Fsp3) is 0.389. The van der Waals surface area contributed by atoms with Gasteiger partial charge in [-0.25, -0.2) is 0 Å². The number of carbonyl (C=O) groups is 1. The zero-order chi connectivity index (χ0) is 15.3. The molecule has 112 valence electrons. The Morgan fingerprint density at radius 2 is 2.05 bits per heavy atom. The summed E-state index contributed by atoms with van der Waals surface area (Å²) in [4.78, 5) is 12.5. The SMILES string of the molecule is CCOCCC1=CC(C)(O)C(C(=O)c2ccccc2)C=C1. The first kappa shape index (κ1) is 15.7. The van der Waals surface area contributed by atoms with Gasteiger partial charge in [-0.2, -0.15) is 0 Å². The standard InChI is InChI=1S/C18H22O3/c1-3-21-12-11-14-9-10-16(18(2,20)13-14)17(19)15-7-5-4-6-8-15/h4-10,13,16,20H,3,11-12H2,1-2H3. The largest absolute Gasteiger partial charge is 0.385 e. The normalized spacial score (nSPS) is 24.7. The molecular weight excluding hydrogens is 264 g/mol. The van der Waals surface area contributed by atoms with Crippen LogP contribution in [0.4, 0.5) is 0 Å². The predicted molar refractivity (Wildman–Crippen MR) is 83.2 cm³/mol. The van der Waals surface area contributed by atoms with Crippen molar-refractivity contribution in [1.82, 2.24) is 0 Å². The van der Waals surface area contributed by atoms with E-state index in [1.54, 1.807) is 31.2 Å². The third-order valence-electron chi connectivity index (χ3n) is 3.69. The smallest absolute Gasteiger partial charge is 0.172 e. The average Bonchev–Trinajstić information content (AvgIpc) is 2.47. The van der Waals surface area contributed by atoms with Gasteiger partial charge in [0.2, 0.25) is 0 Å². The number of benzene rings is 1. The Hall–Kier alpha value is -1.71. The maximum atomic E-state index is 12.5. The molecule has 3 nitrogen and oxygen atoms in total. The van der Waals surface area contributed by atoms with Crippen LogP contribution < -0.4 is 0 Å². The van der Waals surface area contributed by atoms with E-state index in [-0.39, 0.29) is 5.78 Å². The third-order valence-corrected chi connectivity index (χ3v) is 3.69. The molecule has 21 heavy (non-hydrogen) atoms. The first-order valence-electron chi connectivity index (χ1n) is 7.34. The van der Waals surface area contributed by atoms with Gasteiger partial charge < -0.3 is 9.84 Å². The first-order chi connectivity index (χ1) is 10.0. The molecule has 3 heteroatoms. The number of Topliss-reactive ketones (excluding diaryl/α,β-unsaturated/α-hetero) is 1. The average molecular weight is 286 g/mol. The molecule has 0 saturated heterocycles. The van der Waals surface area contributed by atoms with Crippen LogP contribution in [0.25, 0.3) is 0 Å². The lowest BCUT2D eigenvalue weighted by Crippen LogP contribution is -2.38. The van der Waals surface area contributed by atoms with E-state index < -0.39 is 11.5 Å². The summed E-state index contributed by atoms with van der Waals surface area (Å²) in [6.07, 6.45) is 6.24. The van der Waals surface area contributed by atoms with E-state index in [0.29, 0.717) is 18.8 Å². The van der Waals surface area contributed by atoms with Crippen molar-refractivity contribution in [2.75, 3.05) is 13.2 Å². The van der Waals surface area contributed by atoms with Gasteiger partial charge in [-0.1, -0.05) is 42.5 Å². The van der Waals surface area contributed by atoms with Crippen molar-refractivity contribution in [3.05, 3.63) is 59.7 Å². The molecule has 2 unspecified atom stereocenters. The topological polar surface area (TPSA) is 46.5 Å². The molecule has 1 aliphatic carbocycles. The number of hydrogen-bond donors (Lipinski definition) is 1. The van der Waals surface area contributed by atoms with Crippen LogP contribution in [0, 0.1) is 5.92 Å². The Morgan fingerprint density at radius 1 is 1.33 bits per heavy atom. The number of aliphatic hydroxyl groups is 1. The Bertz CT molecular complexity index is 541. The van der Waals surface area contributed by atoms with Crippen molar-refractivity contribution in [3.63, 3.8) is 0 Å². The molecule has 1 aromatic rings. The lowest BCUT2D eigenvalue weighted by atomic mass is 9.78.